The Hall–Kier alpha value is -1.97. The molecule has 0 fully saturated rings. The highest BCUT2D eigenvalue weighted by molar-refractivity contribution is 5.89. The Morgan fingerprint density at radius 1 is 1.14 bits per heavy atom. The van der Waals surface area contributed by atoms with Crippen LogP contribution >= 0.6 is 0 Å². The molecule has 0 unspecified atom stereocenters. The first-order valence-corrected chi connectivity index (χ1v) is 5.54. The number of carbonyl (C=O) groups excluding carboxylic acids is 1. The third kappa shape index (κ3) is 5.50. The van der Waals surface area contributed by atoms with Gasteiger partial charge in [-0.1, -0.05) is 6.07 Å². The lowest BCUT2D eigenvalue weighted by atomic mass is 10.1. The maximum absolute atomic E-state index is 12.7. The molecule has 0 saturated heterocycles. The Bertz CT molecular complexity index is 512. The highest BCUT2D eigenvalue weighted by Gasteiger charge is 2.33. The highest BCUT2D eigenvalue weighted by atomic mass is 19.4. The van der Waals surface area contributed by atoms with E-state index >= 15 is 0 Å². The Labute approximate surface area is 115 Å². The molecule has 1 aromatic rings. The molecule has 10 heteroatoms. The van der Waals surface area contributed by atoms with Crippen LogP contribution in [0.5, 0.6) is 0 Å². The van der Waals surface area contributed by atoms with Gasteiger partial charge < -0.3 is 16.4 Å². The number of rotatable bonds is 3. The molecule has 0 aliphatic rings. The summed E-state index contributed by atoms with van der Waals surface area (Å²) in [6.45, 7) is -1.96. The van der Waals surface area contributed by atoms with E-state index < -0.39 is 30.5 Å². The third-order valence-corrected chi connectivity index (χ3v) is 2.34. The second-order valence-corrected chi connectivity index (χ2v) is 4.00. The summed E-state index contributed by atoms with van der Waals surface area (Å²) in [5.74, 6) is 0. The largest absolute Gasteiger partial charge is 0.416 e. The first-order valence-electron chi connectivity index (χ1n) is 5.54. The van der Waals surface area contributed by atoms with E-state index in [1.165, 1.54) is 5.32 Å². The average molecular weight is 315 g/mol. The molecule has 2 amide bonds. The van der Waals surface area contributed by atoms with Gasteiger partial charge in [-0.25, -0.2) is 4.79 Å². The van der Waals surface area contributed by atoms with Gasteiger partial charge in [-0.2, -0.15) is 26.3 Å². The molecule has 118 valence electrons. The molecule has 4 nitrogen and oxygen atoms in total. The number of carbonyl (C=O) groups is 1. The topological polar surface area (TPSA) is 67.1 Å². The number of nitrogens with one attached hydrogen (secondary N) is 2. The van der Waals surface area contributed by atoms with E-state index in [0.717, 1.165) is 12.1 Å². The summed E-state index contributed by atoms with van der Waals surface area (Å²) in [4.78, 5) is 11.1. The number of alkyl halides is 6. The molecule has 0 atom stereocenters. The van der Waals surface area contributed by atoms with Crippen LogP contribution in [-0.2, 0) is 12.7 Å². The normalized spacial score (nSPS) is 12.1. The number of halogens is 6. The van der Waals surface area contributed by atoms with Crippen molar-refractivity contribution >= 4 is 11.7 Å². The minimum Gasteiger partial charge on any atom is -0.329 e. The minimum absolute atomic E-state index is 0.191. The fraction of sp³-hybridized carbons (Fsp3) is 0.364. The smallest absolute Gasteiger partial charge is 0.329 e. The van der Waals surface area contributed by atoms with E-state index in [9.17, 15) is 31.1 Å². The van der Waals surface area contributed by atoms with Crippen molar-refractivity contribution in [1.29, 1.82) is 0 Å². The van der Waals surface area contributed by atoms with Crippen LogP contribution in [0.15, 0.2) is 18.2 Å². The number of nitrogens with two attached hydrogens (primary N) is 1. The molecular weight excluding hydrogens is 304 g/mol. The van der Waals surface area contributed by atoms with Gasteiger partial charge >= 0.3 is 18.4 Å². The van der Waals surface area contributed by atoms with Gasteiger partial charge in [-0.05, 0) is 17.7 Å². The van der Waals surface area contributed by atoms with Crippen LogP contribution in [0.1, 0.15) is 11.1 Å². The number of hydrogen-bond acceptors (Lipinski definition) is 2. The van der Waals surface area contributed by atoms with E-state index in [1.54, 1.807) is 0 Å². The van der Waals surface area contributed by atoms with Crippen molar-refractivity contribution in [3.8, 4) is 0 Å². The predicted molar refractivity (Wildman–Crippen MR) is 62.4 cm³/mol. The summed E-state index contributed by atoms with van der Waals surface area (Å²) >= 11 is 0. The van der Waals surface area contributed by atoms with E-state index in [1.807, 2.05) is 5.32 Å². The number of benzene rings is 1. The molecule has 0 aliphatic carbocycles. The van der Waals surface area contributed by atoms with Gasteiger partial charge in [0.2, 0.25) is 0 Å². The van der Waals surface area contributed by atoms with Crippen molar-refractivity contribution in [3.05, 3.63) is 29.3 Å². The second-order valence-electron chi connectivity index (χ2n) is 4.00. The summed E-state index contributed by atoms with van der Waals surface area (Å²) in [6.07, 6.45) is -9.30. The van der Waals surface area contributed by atoms with Crippen molar-refractivity contribution in [2.75, 3.05) is 11.9 Å². The average Bonchev–Trinajstić information content (AvgIpc) is 2.34. The monoisotopic (exact) mass is 315 g/mol. The lowest BCUT2D eigenvalue weighted by Crippen LogP contribution is -2.36. The van der Waals surface area contributed by atoms with Crippen LogP contribution in [-0.4, -0.2) is 18.8 Å². The highest BCUT2D eigenvalue weighted by Crippen LogP contribution is 2.33. The van der Waals surface area contributed by atoms with Crippen molar-refractivity contribution < 1.29 is 31.1 Å². The summed E-state index contributed by atoms with van der Waals surface area (Å²) in [5.41, 5.74) is 3.63. The van der Waals surface area contributed by atoms with E-state index in [0.29, 0.717) is 6.07 Å². The lowest BCUT2D eigenvalue weighted by Gasteiger charge is -2.14. The third-order valence-electron chi connectivity index (χ3n) is 2.34. The van der Waals surface area contributed by atoms with Gasteiger partial charge in [0.25, 0.3) is 0 Å². The predicted octanol–water partition coefficient (Wildman–Crippen LogP) is 2.85. The molecule has 0 saturated carbocycles. The molecule has 21 heavy (non-hydrogen) atoms. The van der Waals surface area contributed by atoms with Gasteiger partial charge in [0.05, 0.1) is 5.56 Å². The number of anilines is 1. The first-order chi connectivity index (χ1) is 9.53. The lowest BCUT2D eigenvalue weighted by molar-refractivity contribution is -0.138. The molecular formula is C11H11F6N3O. The zero-order valence-electron chi connectivity index (χ0n) is 10.4. The second kappa shape index (κ2) is 6.20. The molecule has 1 rings (SSSR count). The Morgan fingerprint density at radius 2 is 1.76 bits per heavy atom. The van der Waals surface area contributed by atoms with Gasteiger partial charge in [-0.15, -0.1) is 0 Å². The fourth-order valence-corrected chi connectivity index (χ4v) is 1.45. The van der Waals surface area contributed by atoms with Gasteiger partial charge in [-0.3, -0.25) is 0 Å². The zero-order chi connectivity index (χ0) is 16.3. The molecule has 0 heterocycles. The van der Waals surface area contributed by atoms with Crippen LogP contribution in [0.4, 0.5) is 36.8 Å². The summed E-state index contributed by atoms with van der Waals surface area (Å²) < 4.78 is 73.8. The van der Waals surface area contributed by atoms with Crippen LogP contribution in [0.2, 0.25) is 0 Å². The van der Waals surface area contributed by atoms with Crippen molar-refractivity contribution in [3.63, 3.8) is 0 Å². The molecule has 0 radical (unpaired) electrons. The van der Waals surface area contributed by atoms with Crippen LogP contribution < -0.4 is 16.4 Å². The number of hydrogen-bond donors (Lipinski definition) is 3. The van der Waals surface area contributed by atoms with Crippen molar-refractivity contribution in [2.45, 2.75) is 18.9 Å². The van der Waals surface area contributed by atoms with Crippen LogP contribution in [0.3, 0.4) is 0 Å². The molecule has 0 bridgehead atoms. The molecule has 1 aromatic carbocycles. The molecule has 0 aliphatic heterocycles. The minimum atomic E-state index is -4.69. The van der Waals surface area contributed by atoms with E-state index in [4.69, 9.17) is 5.73 Å². The van der Waals surface area contributed by atoms with Crippen LogP contribution in [0.25, 0.3) is 0 Å². The standard InChI is InChI=1S/C11H11F6N3O/c12-10(13,14)5-19-9(21)20-7-2-1-6(4-18)8(3-7)11(15,16)17/h1-3H,4-5,18H2,(H2,19,20,21). The first kappa shape index (κ1) is 17.1. The maximum atomic E-state index is 12.7. The van der Waals surface area contributed by atoms with E-state index in [-0.39, 0.29) is 17.8 Å². The van der Waals surface area contributed by atoms with Crippen molar-refractivity contribution in [1.82, 2.24) is 5.32 Å². The zero-order valence-corrected chi connectivity index (χ0v) is 10.4. The Balaban J connectivity index is 2.83. The molecule has 4 N–H and O–H groups in total. The summed E-state index contributed by atoms with van der Waals surface area (Å²) in [6, 6.07) is 1.50. The summed E-state index contributed by atoms with van der Waals surface area (Å²) in [5, 5.41) is 3.36. The van der Waals surface area contributed by atoms with Crippen molar-refractivity contribution in [2.24, 2.45) is 5.73 Å². The van der Waals surface area contributed by atoms with Gasteiger partial charge in [0, 0.05) is 12.2 Å². The van der Waals surface area contributed by atoms with Gasteiger partial charge in [0.1, 0.15) is 6.54 Å². The van der Waals surface area contributed by atoms with Crippen LogP contribution in [0, 0.1) is 0 Å². The Kier molecular flexibility index (Phi) is 5.05. The number of urea groups is 1. The summed E-state index contributed by atoms with van der Waals surface area (Å²) in [7, 11) is 0. The quantitative estimate of drug-likeness (QED) is 0.751. The molecule has 0 spiro atoms. The SMILES string of the molecule is NCc1ccc(NC(=O)NCC(F)(F)F)cc1C(F)(F)F. The fourth-order valence-electron chi connectivity index (χ4n) is 1.45. The number of amides is 2. The van der Waals surface area contributed by atoms with Gasteiger partial charge in [0.15, 0.2) is 0 Å². The molecule has 0 aromatic heterocycles. The Morgan fingerprint density at radius 3 is 2.24 bits per heavy atom. The maximum Gasteiger partial charge on any atom is 0.416 e. The van der Waals surface area contributed by atoms with E-state index in [2.05, 4.69) is 0 Å².